The molecule has 0 atom stereocenters. The number of oxazole rings is 1. The third-order valence-electron chi connectivity index (χ3n) is 5.62. The number of benzene rings is 2. The molecule has 33 heavy (non-hydrogen) atoms. The Morgan fingerprint density at radius 1 is 1.03 bits per heavy atom. The van der Waals surface area contributed by atoms with Crippen molar-refractivity contribution in [1.82, 2.24) is 20.5 Å². The first-order valence-corrected chi connectivity index (χ1v) is 11.6. The average molecular weight is 446 g/mol. The van der Waals surface area contributed by atoms with Gasteiger partial charge in [0.2, 0.25) is 5.89 Å². The van der Waals surface area contributed by atoms with Crippen LogP contribution in [0.25, 0.3) is 11.5 Å². The molecule has 172 valence electrons. The molecule has 1 aromatic heterocycles. The van der Waals surface area contributed by atoms with Crippen LogP contribution in [0, 0.1) is 0 Å². The first-order chi connectivity index (χ1) is 16.2. The van der Waals surface area contributed by atoms with Crippen LogP contribution in [-0.4, -0.2) is 41.4 Å². The summed E-state index contributed by atoms with van der Waals surface area (Å²) in [5.41, 5.74) is 3.55. The third-order valence-corrected chi connectivity index (χ3v) is 5.62. The van der Waals surface area contributed by atoms with Crippen molar-refractivity contribution >= 4 is 11.9 Å². The Labute approximate surface area is 194 Å². The Kier molecular flexibility index (Phi) is 7.74. The van der Waals surface area contributed by atoms with Gasteiger partial charge in [-0.05, 0) is 56.0 Å². The van der Waals surface area contributed by atoms with Gasteiger partial charge in [-0.25, -0.2) is 9.98 Å². The summed E-state index contributed by atoms with van der Waals surface area (Å²) in [6, 6.07) is 17.6. The molecule has 1 saturated heterocycles. The zero-order valence-electron chi connectivity index (χ0n) is 19.1. The topological polar surface area (TPSA) is 82.8 Å². The number of carbonyl (C=O) groups excluding carboxylic acids is 1. The van der Waals surface area contributed by atoms with E-state index in [2.05, 4.69) is 20.6 Å². The number of nitrogens with zero attached hydrogens (tertiary/aromatic N) is 3. The van der Waals surface area contributed by atoms with Crippen LogP contribution in [0.3, 0.4) is 0 Å². The average Bonchev–Trinajstić information content (AvgIpc) is 3.36. The number of rotatable bonds is 7. The number of aromatic nitrogens is 1. The maximum absolute atomic E-state index is 12.6. The number of likely N-dealkylation sites (tertiary alicyclic amines) is 1. The fourth-order valence-electron chi connectivity index (χ4n) is 3.82. The summed E-state index contributed by atoms with van der Waals surface area (Å²) >= 11 is 0. The summed E-state index contributed by atoms with van der Waals surface area (Å²) in [5.74, 6) is 1.44. The molecule has 2 aromatic carbocycles. The molecule has 1 aliphatic heterocycles. The smallest absolute Gasteiger partial charge is 0.253 e. The van der Waals surface area contributed by atoms with Crippen molar-refractivity contribution in [3.05, 3.63) is 77.7 Å². The second-order valence-electron chi connectivity index (χ2n) is 8.11. The molecule has 1 fully saturated rings. The third kappa shape index (κ3) is 6.22. The highest BCUT2D eigenvalue weighted by Gasteiger charge is 2.17. The van der Waals surface area contributed by atoms with E-state index in [9.17, 15) is 4.79 Å². The van der Waals surface area contributed by atoms with Crippen LogP contribution in [0.4, 0.5) is 0 Å². The van der Waals surface area contributed by atoms with Gasteiger partial charge >= 0.3 is 0 Å². The molecule has 4 rings (SSSR count). The molecule has 0 aliphatic carbocycles. The van der Waals surface area contributed by atoms with Crippen molar-refractivity contribution in [2.45, 2.75) is 39.3 Å². The maximum atomic E-state index is 12.6. The molecule has 0 radical (unpaired) electrons. The van der Waals surface area contributed by atoms with Gasteiger partial charge in [0.1, 0.15) is 6.26 Å². The molecule has 2 heterocycles. The fourth-order valence-corrected chi connectivity index (χ4v) is 3.82. The van der Waals surface area contributed by atoms with Gasteiger partial charge in [-0.15, -0.1) is 0 Å². The summed E-state index contributed by atoms with van der Waals surface area (Å²) < 4.78 is 5.60. The lowest BCUT2D eigenvalue weighted by Crippen LogP contribution is -2.36. The Morgan fingerprint density at radius 2 is 1.79 bits per heavy atom. The summed E-state index contributed by atoms with van der Waals surface area (Å²) in [6.45, 7) is 5.53. The number of nitrogens with one attached hydrogen (secondary N) is 2. The van der Waals surface area contributed by atoms with Gasteiger partial charge in [0, 0.05) is 30.8 Å². The van der Waals surface area contributed by atoms with E-state index in [1.54, 1.807) is 6.26 Å². The van der Waals surface area contributed by atoms with Gasteiger partial charge in [0.25, 0.3) is 5.91 Å². The number of hydrogen-bond acceptors (Lipinski definition) is 4. The van der Waals surface area contributed by atoms with Gasteiger partial charge in [0.15, 0.2) is 5.96 Å². The number of aliphatic imine (C=N–C) groups is 1. The molecule has 2 N–H and O–H groups in total. The van der Waals surface area contributed by atoms with Crippen LogP contribution >= 0.6 is 0 Å². The van der Waals surface area contributed by atoms with Crippen LogP contribution in [0.1, 0.15) is 47.8 Å². The van der Waals surface area contributed by atoms with E-state index >= 15 is 0 Å². The second kappa shape index (κ2) is 11.3. The SMILES string of the molecule is CCNC(=NCc1ccc(C(=O)N2CCCCC2)cc1)NCc1coc(-c2ccccc2)n1. The van der Waals surface area contributed by atoms with E-state index in [-0.39, 0.29) is 5.91 Å². The van der Waals surface area contributed by atoms with Crippen molar-refractivity contribution < 1.29 is 9.21 Å². The first-order valence-electron chi connectivity index (χ1n) is 11.6. The summed E-state index contributed by atoms with van der Waals surface area (Å²) in [6.07, 6.45) is 5.08. The Morgan fingerprint density at radius 3 is 2.52 bits per heavy atom. The summed E-state index contributed by atoms with van der Waals surface area (Å²) in [5, 5.41) is 6.55. The fraction of sp³-hybridized carbons (Fsp3) is 0.346. The Balaban J connectivity index is 1.33. The van der Waals surface area contributed by atoms with Crippen LogP contribution in [0.15, 0.2) is 70.3 Å². The highest BCUT2D eigenvalue weighted by atomic mass is 16.3. The number of piperidine rings is 1. The largest absolute Gasteiger partial charge is 0.444 e. The van der Waals surface area contributed by atoms with Gasteiger partial charge in [-0.3, -0.25) is 4.79 Å². The van der Waals surface area contributed by atoms with E-state index in [0.29, 0.717) is 24.9 Å². The van der Waals surface area contributed by atoms with Gasteiger partial charge in [-0.1, -0.05) is 30.3 Å². The lowest BCUT2D eigenvalue weighted by Gasteiger charge is -2.26. The molecule has 3 aromatic rings. The lowest BCUT2D eigenvalue weighted by molar-refractivity contribution is 0.0724. The van der Waals surface area contributed by atoms with E-state index in [1.807, 2.05) is 66.4 Å². The van der Waals surface area contributed by atoms with E-state index in [0.717, 1.165) is 54.9 Å². The van der Waals surface area contributed by atoms with Crippen LogP contribution in [-0.2, 0) is 13.1 Å². The molecule has 0 unspecified atom stereocenters. The molecular formula is C26H31N5O2. The van der Waals surface area contributed by atoms with E-state index < -0.39 is 0 Å². The molecule has 7 heteroatoms. The van der Waals surface area contributed by atoms with E-state index in [4.69, 9.17) is 4.42 Å². The minimum atomic E-state index is 0.127. The number of hydrogen-bond donors (Lipinski definition) is 2. The standard InChI is InChI=1S/C26H31N5O2/c1-2-27-26(29-18-23-19-33-24(30-23)21-9-5-3-6-10-21)28-17-20-11-13-22(14-12-20)25(32)31-15-7-4-8-16-31/h3,5-6,9-14,19H,2,4,7-8,15-18H2,1H3,(H2,27,28,29). The first kappa shape index (κ1) is 22.6. The van der Waals surface area contributed by atoms with Crippen molar-refractivity contribution in [2.75, 3.05) is 19.6 Å². The quantitative estimate of drug-likeness (QED) is 0.420. The number of guanidine groups is 1. The van der Waals surface area contributed by atoms with Crippen LogP contribution in [0.2, 0.25) is 0 Å². The van der Waals surface area contributed by atoms with Gasteiger partial charge < -0.3 is 20.0 Å². The molecule has 1 amide bonds. The van der Waals surface area contributed by atoms with Crippen molar-refractivity contribution in [2.24, 2.45) is 4.99 Å². The Bertz CT molecular complexity index is 1050. The zero-order chi connectivity index (χ0) is 22.9. The molecular weight excluding hydrogens is 414 g/mol. The molecule has 0 saturated carbocycles. The molecule has 0 bridgehead atoms. The molecule has 7 nitrogen and oxygen atoms in total. The van der Waals surface area contributed by atoms with E-state index in [1.165, 1.54) is 6.42 Å². The minimum absolute atomic E-state index is 0.127. The molecule has 1 aliphatic rings. The van der Waals surface area contributed by atoms with Gasteiger partial charge in [0.05, 0.1) is 18.8 Å². The van der Waals surface area contributed by atoms with Crippen molar-refractivity contribution in [1.29, 1.82) is 0 Å². The summed E-state index contributed by atoms with van der Waals surface area (Å²) in [7, 11) is 0. The highest BCUT2D eigenvalue weighted by Crippen LogP contribution is 2.18. The van der Waals surface area contributed by atoms with Crippen LogP contribution < -0.4 is 10.6 Å². The monoisotopic (exact) mass is 445 g/mol. The number of amides is 1. The highest BCUT2D eigenvalue weighted by molar-refractivity contribution is 5.94. The Hall–Kier alpha value is -3.61. The van der Waals surface area contributed by atoms with Gasteiger partial charge in [-0.2, -0.15) is 0 Å². The minimum Gasteiger partial charge on any atom is -0.444 e. The lowest BCUT2D eigenvalue weighted by atomic mass is 10.1. The predicted molar refractivity (Wildman–Crippen MR) is 130 cm³/mol. The van der Waals surface area contributed by atoms with Crippen molar-refractivity contribution in [3.8, 4) is 11.5 Å². The summed E-state index contributed by atoms with van der Waals surface area (Å²) in [4.78, 5) is 23.8. The normalized spacial score (nSPS) is 14.2. The molecule has 0 spiro atoms. The number of carbonyl (C=O) groups is 1. The maximum Gasteiger partial charge on any atom is 0.253 e. The van der Waals surface area contributed by atoms with Crippen molar-refractivity contribution in [3.63, 3.8) is 0 Å². The predicted octanol–water partition coefficient (Wildman–Crippen LogP) is 4.22. The van der Waals surface area contributed by atoms with Crippen LogP contribution in [0.5, 0.6) is 0 Å². The second-order valence-corrected chi connectivity index (χ2v) is 8.11. The zero-order valence-corrected chi connectivity index (χ0v) is 19.1.